The molecule has 0 atom stereocenters. The predicted molar refractivity (Wildman–Crippen MR) is 91.5 cm³/mol. The number of nitrogens with zero attached hydrogens (tertiary/aromatic N) is 2. The number of hydrogen-bond acceptors (Lipinski definition) is 5. The van der Waals surface area contributed by atoms with Crippen LogP contribution in [0.5, 0.6) is 5.75 Å². The molecule has 0 unspecified atom stereocenters. The van der Waals surface area contributed by atoms with Crippen LogP contribution in [0.4, 0.5) is 14.6 Å². The number of rotatable bonds is 6. The van der Waals surface area contributed by atoms with Crippen molar-refractivity contribution in [1.82, 2.24) is 10.3 Å². The van der Waals surface area contributed by atoms with E-state index < -0.39 is 6.61 Å². The Labute approximate surface area is 149 Å². The topological polar surface area (TPSA) is 63.7 Å². The van der Waals surface area contributed by atoms with Gasteiger partial charge in [0.25, 0.3) is 5.91 Å². The summed E-state index contributed by atoms with van der Waals surface area (Å²) in [4.78, 5) is 18.9. The Hall–Kier alpha value is -2.74. The van der Waals surface area contributed by atoms with Crippen LogP contribution in [0.15, 0.2) is 42.6 Å². The molecule has 1 aliphatic rings. The summed E-state index contributed by atoms with van der Waals surface area (Å²) in [6, 6.07) is 9.40. The van der Waals surface area contributed by atoms with E-state index in [0.29, 0.717) is 13.2 Å². The van der Waals surface area contributed by atoms with Crippen molar-refractivity contribution in [1.29, 1.82) is 0 Å². The van der Waals surface area contributed by atoms with Gasteiger partial charge in [-0.25, -0.2) is 4.98 Å². The van der Waals surface area contributed by atoms with Gasteiger partial charge < -0.3 is 19.7 Å². The molecule has 2 aromatic rings. The molecule has 0 saturated carbocycles. The van der Waals surface area contributed by atoms with Crippen molar-refractivity contribution < 1.29 is 23.0 Å². The average molecular weight is 363 g/mol. The fourth-order valence-corrected chi connectivity index (χ4v) is 2.72. The number of amides is 1. The van der Waals surface area contributed by atoms with Gasteiger partial charge in [-0.15, -0.1) is 0 Å². The number of carbonyl (C=O) groups excluding carboxylic acids is 1. The molecule has 1 aromatic heterocycles. The van der Waals surface area contributed by atoms with Crippen molar-refractivity contribution in [3.8, 4) is 5.75 Å². The van der Waals surface area contributed by atoms with Crippen LogP contribution in [0, 0.1) is 0 Å². The molecule has 6 nitrogen and oxygen atoms in total. The molecule has 2 heterocycles. The second kappa shape index (κ2) is 8.57. The highest BCUT2D eigenvalue weighted by molar-refractivity contribution is 5.94. The lowest BCUT2D eigenvalue weighted by Gasteiger charge is -2.29. The number of halogens is 2. The molecule has 1 aromatic carbocycles. The highest BCUT2D eigenvalue weighted by Crippen LogP contribution is 2.19. The Bertz CT molecular complexity index is 752. The number of morpholine rings is 1. The Kier molecular flexibility index (Phi) is 5.96. The molecule has 1 fully saturated rings. The number of carbonyl (C=O) groups is 1. The Morgan fingerprint density at radius 3 is 2.85 bits per heavy atom. The second-order valence-electron chi connectivity index (χ2n) is 5.67. The third-order valence-electron chi connectivity index (χ3n) is 3.94. The molecule has 0 radical (unpaired) electrons. The van der Waals surface area contributed by atoms with Crippen LogP contribution in [-0.2, 0) is 11.3 Å². The number of anilines is 1. The third kappa shape index (κ3) is 4.66. The summed E-state index contributed by atoms with van der Waals surface area (Å²) in [5, 5.41) is 2.80. The minimum atomic E-state index is -2.93. The van der Waals surface area contributed by atoms with E-state index in [4.69, 9.17) is 4.74 Å². The third-order valence-corrected chi connectivity index (χ3v) is 3.94. The molecule has 0 aliphatic carbocycles. The molecule has 8 heteroatoms. The Morgan fingerprint density at radius 1 is 1.27 bits per heavy atom. The molecule has 3 rings (SSSR count). The number of ether oxygens (including phenoxy) is 2. The maximum absolute atomic E-state index is 12.3. The molecule has 1 aliphatic heterocycles. The lowest BCUT2D eigenvalue weighted by atomic mass is 10.2. The highest BCUT2D eigenvalue weighted by Gasteiger charge is 2.16. The predicted octanol–water partition coefficient (Wildman–Crippen LogP) is 2.45. The molecule has 1 amide bonds. The summed E-state index contributed by atoms with van der Waals surface area (Å²) in [7, 11) is 0. The molecule has 0 bridgehead atoms. The minimum Gasteiger partial charge on any atom is -0.435 e. The first-order chi connectivity index (χ1) is 12.6. The van der Waals surface area contributed by atoms with Gasteiger partial charge in [0.2, 0.25) is 0 Å². The highest BCUT2D eigenvalue weighted by atomic mass is 19.3. The standard InChI is InChI=1S/C18H19F2N3O3/c19-18(20)26-15-5-1-3-13(11-15)17(24)22-12-14-4-2-6-21-16(14)23-7-9-25-10-8-23/h1-6,11,18H,7-10,12H2,(H,22,24). The largest absolute Gasteiger partial charge is 0.435 e. The van der Waals surface area contributed by atoms with Crippen LogP contribution in [-0.4, -0.2) is 43.8 Å². The molecule has 26 heavy (non-hydrogen) atoms. The van der Waals surface area contributed by atoms with Gasteiger partial charge in [0, 0.05) is 37.0 Å². The zero-order valence-electron chi connectivity index (χ0n) is 14.0. The number of nitrogens with one attached hydrogen (secondary N) is 1. The second-order valence-corrected chi connectivity index (χ2v) is 5.67. The van der Waals surface area contributed by atoms with Crippen LogP contribution < -0.4 is 15.0 Å². The summed E-state index contributed by atoms with van der Waals surface area (Å²) in [6.45, 7) is 0.105. The van der Waals surface area contributed by atoms with Crippen LogP contribution in [0.3, 0.4) is 0 Å². The van der Waals surface area contributed by atoms with E-state index in [0.717, 1.165) is 24.5 Å². The first-order valence-corrected chi connectivity index (χ1v) is 8.23. The summed E-state index contributed by atoms with van der Waals surface area (Å²) in [5.74, 6) is 0.385. The maximum Gasteiger partial charge on any atom is 0.387 e. The van der Waals surface area contributed by atoms with Gasteiger partial charge in [0.05, 0.1) is 13.2 Å². The number of aromatic nitrogens is 1. The van der Waals surface area contributed by atoms with E-state index in [9.17, 15) is 13.6 Å². The Morgan fingerprint density at radius 2 is 2.08 bits per heavy atom. The quantitative estimate of drug-likeness (QED) is 0.854. The molecular formula is C18H19F2N3O3. The van der Waals surface area contributed by atoms with Gasteiger partial charge in [-0.1, -0.05) is 12.1 Å². The molecule has 1 saturated heterocycles. The molecule has 138 valence electrons. The SMILES string of the molecule is O=C(NCc1cccnc1N1CCOCC1)c1cccc(OC(F)F)c1. The molecular weight excluding hydrogens is 344 g/mol. The van der Waals surface area contributed by atoms with Gasteiger partial charge in [0.1, 0.15) is 11.6 Å². The van der Waals surface area contributed by atoms with Gasteiger partial charge in [-0.05, 0) is 24.3 Å². The van der Waals surface area contributed by atoms with Crippen molar-refractivity contribution in [3.05, 3.63) is 53.7 Å². The zero-order chi connectivity index (χ0) is 18.4. The lowest BCUT2D eigenvalue weighted by molar-refractivity contribution is -0.0498. The fourth-order valence-electron chi connectivity index (χ4n) is 2.72. The first kappa shape index (κ1) is 18.1. The first-order valence-electron chi connectivity index (χ1n) is 8.23. The van der Waals surface area contributed by atoms with Gasteiger partial charge in [0.15, 0.2) is 0 Å². The van der Waals surface area contributed by atoms with Gasteiger partial charge in [-0.3, -0.25) is 4.79 Å². The van der Waals surface area contributed by atoms with E-state index in [2.05, 4.69) is 19.9 Å². The summed E-state index contributed by atoms with van der Waals surface area (Å²) in [6.07, 6.45) is 1.71. The summed E-state index contributed by atoms with van der Waals surface area (Å²) >= 11 is 0. The van der Waals surface area contributed by atoms with Crippen LogP contribution in [0.1, 0.15) is 15.9 Å². The van der Waals surface area contributed by atoms with E-state index in [1.165, 1.54) is 18.2 Å². The summed E-state index contributed by atoms with van der Waals surface area (Å²) in [5.41, 5.74) is 1.13. The number of hydrogen-bond donors (Lipinski definition) is 1. The normalized spacial score (nSPS) is 14.3. The van der Waals surface area contributed by atoms with Crippen LogP contribution >= 0.6 is 0 Å². The van der Waals surface area contributed by atoms with E-state index >= 15 is 0 Å². The average Bonchev–Trinajstić information content (AvgIpc) is 2.67. The van der Waals surface area contributed by atoms with Gasteiger partial charge >= 0.3 is 6.61 Å². The number of alkyl halides is 2. The maximum atomic E-state index is 12.3. The van der Waals surface area contributed by atoms with Gasteiger partial charge in [-0.2, -0.15) is 8.78 Å². The van der Waals surface area contributed by atoms with Crippen molar-refractivity contribution in [2.24, 2.45) is 0 Å². The zero-order valence-corrected chi connectivity index (χ0v) is 14.0. The van der Waals surface area contributed by atoms with Crippen molar-refractivity contribution >= 4 is 11.7 Å². The van der Waals surface area contributed by atoms with Crippen molar-refractivity contribution in [3.63, 3.8) is 0 Å². The number of benzene rings is 1. The molecule has 1 N–H and O–H groups in total. The van der Waals surface area contributed by atoms with E-state index in [1.54, 1.807) is 12.3 Å². The van der Waals surface area contributed by atoms with Crippen molar-refractivity contribution in [2.45, 2.75) is 13.2 Å². The van der Waals surface area contributed by atoms with E-state index in [1.807, 2.05) is 12.1 Å². The monoisotopic (exact) mass is 363 g/mol. The smallest absolute Gasteiger partial charge is 0.387 e. The minimum absolute atomic E-state index is 0.0527. The summed E-state index contributed by atoms with van der Waals surface area (Å²) < 4.78 is 34.3. The Balaban J connectivity index is 1.66. The van der Waals surface area contributed by atoms with Crippen LogP contribution in [0.25, 0.3) is 0 Å². The number of pyridine rings is 1. The lowest BCUT2D eigenvalue weighted by Crippen LogP contribution is -2.37. The molecule has 0 spiro atoms. The van der Waals surface area contributed by atoms with Crippen LogP contribution in [0.2, 0.25) is 0 Å². The van der Waals surface area contributed by atoms with Crippen molar-refractivity contribution in [2.75, 3.05) is 31.2 Å². The fraction of sp³-hybridized carbons (Fsp3) is 0.333. The van der Waals surface area contributed by atoms with E-state index in [-0.39, 0.29) is 23.8 Å².